The summed E-state index contributed by atoms with van der Waals surface area (Å²) in [5.74, 6) is -1.99. The number of carboxylic acids is 1. The molecule has 0 bridgehead atoms. The van der Waals surface area contributed by atoms with Gasteiger partial charge in [-0.1, -0.05) is 48.5 Å². The number of fused-ring (bicyclic) bond motifs is 3. The van der Waals surface area contributed by atoms with Crippen molar-refractivity contribution in [3.8, 4) is 11.1 Å². The Morgan fingerprint density at radius 1 is 1.06 bits per heavy atom. The maximum absolute atomic E-state index is 12.8. The Kier molecular flexibility index (Phi) is 6.14. The maximum atomic E-state index is 12.8. The fourth-order valence-corrected chi connectivity index (χ4v) is 4.29. The van der Waals surface area contributed by atoms with Crippen LogP contribution in [0.15, 0.2) is 48.5 Å². The molecule has 1 heterocycles. The van der Waals surface area contributed by atoms with Gasteiger partial charge in [-0.15, -0.1) is 0 Å². The molecule has 1 aliphatic heterocycles. The van der Waals surface area contributed by atoms with E-state index in [1.807, 2.05) is 36.4 Å². The van der Waals surface area contributed by atoms with Crippen molar-refractivity contribution in [1.82, 2.24) is 10.2 Å². The number of ether oxygens (including phenoxy) is 2. The number of carbonyl (C=O) groups is 3. The van der Waals surface area contributed by atoms with Crippen molar-refractivity contribution in [2.45, 2.75) is 25.0 Å². The molecule has 32 heavy (non-hydrogen) atoms. The first kappa shape index (κ1) is 21.8. The number of hydrogen-bond donors (Lipinski definition) is 2. The minimum Gasteiger partial charge on any atom is -0.481 e. The molecule has 0 radical (unpaired) electrons. The van der Waals surface area contributed by atoms with Crippen molar-refractivity contribution in [3.05, 3.63) is 59.7 Å². The Balaban J connectivity index is 1.41. The molecule has 2 aromatic rings. The molecule has 2 amide bonds. The quantitative estimate of drug-likeness (QED) is 0.688. The number of aliphatic carboxylic acids is 1. The molecule has 4 rings (SSSR count). The van der Waals surface area contributed by atoms with Gasteiger partial charge in [0, 0.05) is 26.1 Å². The fraction of sp³-hybridized carbons (Fsp3) is 0.375. The molecule has 8 nitrogen and oxygen atoms in total. The van der Waals surface area contributed by atoms with Gasteiger partial charge in [-0.3, -0.25) is 9.59 Å². The maximum Gasteiger partial charge on any atom is 0.407 e. The van der Waals surface area contributed by atoms with Gasteiger partial charge in [0.1, 0.15) is 12.6 Å². The second kappa shape index (κ2) is 9.00. The first-order valence-corrected chi connectivity index (χ1v) is 10.6. The van der Waals surface area contributed by atoms with Crippen LogP contribution in [-0.2, 0) is 19.1 Å². The number of benzene rings is 2. The first-order chi connectivity index (χ1) is 15.4. The molecule has 2 atom stereocenters. The number of nitrogens with one attached hydrogen (secondary N) is 1. The fourth-order valence-electron chi connectivity index (χ4n) is 4.29. The molecule has 1 aliphatic carbocycles. The van der Waals surface area contributed by atoms with Crippen LogP contribution >= 0.6 is 0 Å². The number of rotatable bonds is 7. The van der Waals surface area contributed by atoms with Gasteiger partial charge in [0.25, 0.3) is 0 Å². The Hall–Kier alpha value is -3.39. The number of likely N-dealkylation sites (tertiary alicyclic amines) is 1. The van der Waals surface area contributed by atoms with Gasteiger partial charge in [-0.2, -0.15) is 0 Å². The van der Waals surface area contributed by atoms with Crippen molar-refractivity contribution in [2.24, 2.45) is 5.92 Å². The molecule has 0 aromatic heterocycles. The molecule has 168 valence electrons. The van der Waals surface area contributed by atoms with Crippen LogP contribution in [0.5, 0.6) is 0 Å². The third-order valence-corrected chi connectivity index (χ3v) is 6.27. The number of alkyl carbamates (subject to hydrolysis) is 1. The lowest BCUT2D eigenvalue weighted by atomic mass is 9.98. The lowest BCUT2D eigenvalue weighted by Gasteiger charge is -2.39. The average Bonchev–Trinajstić information content (AvgIpc) is 3.08. The molecular weight excluding hydrogens is 412 g/mol. The summed E-state index contributed by atoms with van der Waals surface area (Å²) in [6.45, 7) is 2.04. The van der Waals surface area contributed by atoms with E-state index in [1.165, 1.54) is 12.0 Å². The van der Waals surface area contributed by atoms with Crippen molar-refractivity contribution in [3.63, 3.8) is 0 Å². The van der Waals surface area contributed by atoms with Gasteiger partial charge in [-0.25, -0.2) is 4.79 Å². The van der Waals surface area contributed by atoms with E-state index in [0.29, 0.717) is 0 Å². The molecule has 2 unspecified atom stereocenters. The van der Waals surface area contributed by atoms with E-state index < -0.39 is 30.1 Å². The highest BCUT2D eigenvalue weighted by Gasteiger charge is 2.40. The minimum atomic E-state index is -0.967. The Morgan fingerprint density at radius 2 is 1.62 bits per heavy atom. The zero-order valence-corrected chi connectivity index (χ0v) is 18.0. The van der Waals surface area contributed by atoms with E-state index in [9.17, 15) is 14.4 Å². The van der Waals surface area contributed by atoms with Gasteiger partial charge in [-0.05, 0) is 29.2 Å². The largest absolute Gasteiger partial charge is 0.481 e. The summed E-state index contributed by atoms with van der Waals surface area (Å²) in [4.78, 5) is 37.8. The zero-order valence-electron chi connectivity index (χ0n) is 18.0. The van der Waals surface area contributed by atoms with Gasteiger partial charge < -0.3 is 24.8 Å². The number of carbonyl (C=O) groups excluding carboxylic acids is 2. The topological polar surface area (TPSA) is 105 Å². The summed E-state index contributed by atoms with van der Waals surface area (Å²) in [7, 11) is 1.44. The highest BCUT2D eigenvalue weighted by molar-refractivity contribution is 5.88. The predicted octanol–water partition coefficient (Wildman–Crippen LogP) is 2.47. The standard InChI is InChI=1S/C24H26N2O6/c1-14(31-2)21(22(27)26-11-15(12-26)23(28)29)25-24(30)32-13-20-18-9-5-3-7-16(18)17-8-4-6-10-19(17)20/h3-10,14-15,20-21H,11-13H2,1-2H3,(H,25,30)(H,28,29). The SMILES string of the molecule is COC(C)C(NC(=O)OCC1c2ccccc2-c2ccccc21)C(=O)N1CC(C(=O)O)C1. The second-order valence-electron chi connectivity index (χ2n) is 8.17. The summed E-state index contributed by atoms with van der Waals surface area (Å²) >= 11 is 0. The molecule has 8 heteroatoms. The van der Waals surface area contributed by atoms with E-state index in [-0.39, 0.29) is 31.5 Å². The summed E-state index contributed by atoms with van der Waals surface area (Å²) in [5, 5.41) is 11.6. The third kappa shape index (κ3) is 4.05. The number of nitrogens with zero attached hydrogens (tertiary/aromatic N) is 1. The number of carboxylic acid groups (broad SMARTS) is 1. The molecule has 2 aliphatic rings. The average molecular weight is 438 g/mol. The molecule has 0 spiro atoms. The zero-order chi connectivity index (χ0) is 22.8. The summed E-state index contributed by atoms with van der Waals surface area (Å²) < 4.78 is 10.8. The highest BCUT2D eigenvalue weighted by atomic mass is 16.5. The van der Waals surface area contributed by atoms with Crippen LogP contribution in [-0.4, -0.2) is 66.9 Å². The van der Waals surface area contributed by atoms with Crippen LogP contribution in [0.4, 0.5) is 4.79 Å². The van der Waals surface area contributed by atoms with Crippen LogP contribution in [0.1, 0.15) is 24.0 Å². The molecule has 1 fully saturated rings. The molecule has 2 aromatic carbocycles. The highest BCUT2D eigenvalue weighted by Crippen LogP contribution is 2.44. The van der Waals surface area contributed by atoms with Crippen LogP contribution < -0.4 is 5.32 Å². The number of hydrogen-bond acceptors (Lipinski definition) is 5. The molecular formula is C24H26N2O6. The second-order valence-corrected chi connectivity index (χ2v) is 8.17. The summed E-state index contributed by atoms with van der Waals surface area (Å²) in [6, 6.07) is 15.1. The number of methoxy groups -OCH3 is 1. The van der Waals surface area contributed by atoms with Gasteiger partial charge in [0.2, 0.25) is 5.91 Å². The van der Waals surface area contributed by atoms with Crippen LogP contribution in [0.25, 0.3) is 11.1 Å². The van der Waals surface area contributed by atoms with Crippen molar-refractivity contribution in [1.29, 1.82) is 0 Å². The van der Waals surface area contributed by atoms with Gasteiger partial charge in [0.15, 0.2) is 0 Å². The number of amides is 2. The Labute approximate surface area is 186 Å². The van der Waals surface area contributed by atoms with Crippen molar-refractivity contribution >= 4 is 18.0 Å². The smallest absolute Gasteiger partial charge is 0.407 e. The predicted molar refractivity (Wildman–Crippen MR) is 116 cm³/mol. The van der Waals surface area contributed by atoms with Crippen LogP contribution in [0, 0.1) is 5.92 Å². The Morgan fingerprint density at radius 3 is 2.16 bits per heavy atom. The van der Waals surface area contributed by atoms with E-state index >= 15 is 0 Å². The summed E-state index contributed by atoms with van der Waals surface area (Å²) in [5.41, 5.74) is 4.45. The first-order valence-electron chi connectivity index (χ1n) is 10.6. The van der Waals surface area contributed by atoms with Gasteiger partial charge >= 0.3 is 12.1 Å². The van der Waals surface area contributed by atoms with E-state index in [1.54, 1.807) is 6.92 Å². The monoisotopic (exact) mass is 438 g/mol. The van der Waals surface area contributed by atoms with Crippen LogP contribution in [0.2, 0.25) is 0 Å². The van der Waals surface area contributed by atoms with Gasteiger partial charge in [0.05, 0.1) is 12.0 Å². The van der Waals surface area contributed by atoms with Crippen LogP contribution in [0.3, 0.4) is 0 Å². The molecule has 2 N–H and O–H groups in total. The normalized spacial score (nSPS) is 17.0. The van der Waals surface area contributed by atoms with E-state index in [2.05, 4.69) is 17.4 Å². The third-order valence-electron chi connectivity index (χ3n) is 6.27. The van der Waals surface area contributed by atoms with Crippen molar-refractivity contribution in [2.75, 3.05) is 26.8 Å². The Bertz CT molecular complexity index is 987. The molecule has 1 saturated heterocycles. The van der Waals surface area contributed by atoms with Crippen molar-refractivity contribution < 1.29 is 29.0 Å². The summed E-state index contributed by atoms with van der Waals surface area (Å²) in [6.07, 6.45) is -1.32. The minimum absolute atomic E-state index is 0.0890. The molecule has 0 saturated carbocycles. The van der Waals surface area contributed by atoms with E-state index in [0.717, 1.165) is 22.3 Å². The van der Waals surface area contributed by atoms with E-state index in [4.69, 9.17) is 14.6 Å². The lowest BCUT2D eigenvalue weighted by Crippen LogP contribution is -2.61. The lowest BCUT2D eigenvalue weighted by molar-refractivity contribution is -0.154.